The van der Waals surface area contributed by atoms with Crippen LogP contribution in [-0.2, 0) is 0 Å². The molecule has 0 heterocycles. The van der Waals surface area contributed by atoms with Crippen molar-refractivity contribution in [3.8, 4) is 6.07 Å². The van der Waals surface area contributed by atoms with Crippen LogP contribution in [0.1, 0.15) is 52.0 Å². The van der Waals surface area contributed by atoms with Crippen molar-refractivity contribution in [2.45, 2.75) is 52.5 Å². The third-order valence-electron chi connectivity index (χ3n) is 4.41. The van der Waals surface area contributed by atoms with Crippen molar-refractivity contribution in [2.24, 2.45) is 11.3 Å². The van der Waals surface area contributed by atoms with E-state index in [1.165, 1.54) is 25.7 Å². The molecular weight excluding hydrogens is 268 g/mol. The lowest BCUT2D eigenvalue weighted by molar-refractivity contribution is 0.173. The average molecular weight is 291 g/mol. The molecule has 3 heteroatoms. The van der Waals surface area contributed by atoms with Crippen molar-refractivity contribution in [1.82, 2.24) is 0 Å². The maximum Gasteiger partial charge on any atom is 0.0992 e. The third-order valence-corrected chi connectivity index (χ3v) is 4.72. The number of halogens is 1. The fourth-order valence-corrected chi connectivity index (χ4v) is 3.26. The molecule has 1 aliphatic carbocycles. The van der Waals surface area contributed by atoms with Gasteiger partial charge in [-0.2, -0.15) is 5.26 Å². The maximum atomic E-state index is 8.85. The van der Waals surface area contributed by atoms with Gasteiger partial charge in [0.15, 0.2) is 0 Å². The topological polar surface area (TPSA) is 35.8 Å². The summed E-state index contributed by atoms with van der Waals surface area (Å²) in [5.41, 5.74) is 1.97. The number of nitriles is 1. The first kappa shape index (κ1) is 15.2. The summed E-state index contributed by atoms with van der Waals surface area (Å²) >= 11 is 6.22. The number of nitrogens with one attached hydrogen (secondary N) is 1. The number of benzene rings is 1. The second kappa shape index (κ2) is 6.06. The minimum absolute atomic E-state index is 0.414. The van der Waals surface area contributed by atoms with Crippen molar-refractivity contribution < 1.29 is 0 Å². The summed E-state index contributed by atoms with van der Waals surface area (Å²) in [5, 5.41) is 13.0. The molecule has 0 bridgehead atoms. The molecule has 1 N–H and O–H groups in total. The van der Waals surface area contributed by atoms with Gasteiger partial charge in [0, 0.05) is 6.04 Å². The van der Waals surface area contributed by atoms with Crippen LogP contribution in [0.15, 0.2) is 18.2 Å². The minimum Gasteiger partial charge on any atom is -0.381 e. The van der Waals surface area contributed by atoms with E-state index >= 15 is 0 Å². The zero-order chi connectivity index (χ0) is 14.8. The summed E-state index contributed by atoms with van der Waals surface area (Å²) in [6.07, 6.45) is 4.93. The van der Waals surface area contributed by atoms with Gasteiger partial charge in [-0.25, -0.2) is 0 Å². The van der Waals surface area contributed by atoms with Gasteiger partial charge >= 0.3 is 0 Å². The molecule has 2 nitrogen and oxygen atoms in total. The fourth-order valence-electron chi connectivity index (χ4n) is 3.03. The van der Waals surface area contributed by atoms with Crippen LogP contribution in [0.25, 0.3) is 0 Å². The molecule has 0 radical (unpaired) electrons. The predicted octanol–water partition coefficient (Wildman–Crippen LogP) is 5.23. The second-order valence-electron chi connectivity index (χ2n) is 6.87. The molecular formula is C17H23ClN2. The molecule has 0 amide bonds. The molecule has 0 atom stereocenters. The molecule has 1 aromatic carbocycles. The van der Waals surface area contributed by atoms with Gasteiger partial charge in [0.1, 0.15) is 0 Å². The molecule has 1 saturated carbocycles. The quantitative estimate of drug-likeness (QED) is 0.809. The fraction of sp³-hybridized carbons (Fsp3) is 0.588. The van der Waals surface area contributed by atoms with Gasteiger partial charge in [0.25, 0.3) is 0 Å². The van der Waals surface area contributed by atoms with E-state index in [9.17, 15) is 0 Å². The van der Waals surface area contributed by atoms with Crippen LogP contribution in [0.3, 0.4) is 0 Å². The average Bonchev–Trinajstić information content (AvgIpc) is 2.40. The Labute approximate surface area is 127 Å². The van der Waals surface area contributed by atoms with E-state index in [2.05, 4.69) is 32.2 Å². The lowest BCUT2D eigenvalue weighted by atomic mass is 9.71. The Morgan fingerprint density at radius 3 is 2.35 bits per heavy atom. The number of hydrogen-bond donors (Lipinski definition) is 1. The van der Waals surface area contributed by atoms with Crippen LogP contribution in [0, 0.1) is 22.7 Å². The van der Waals surface area contributed by atoms with Crippen molar-refractivity contribution >= 4 is 17.3 Å². The highest BCUT2D eigenvalue weighted by molar-refractivity contribution is 6.33. The zero-order valence-electron chi connectivity index (χ0n) is 12.5. The van der Waals surface area contributed by atoms with E-state index < -0.39 is 0 Å². The molecule has 0 saturated heterocycles. The van der Waals surface area contributed by atoms with Crippen molar-refractivity contribution in [3.05, 3.63) is 28.8 Å². The van der Waals surface area contributed by atoms with Gasteiger partial charge in [-0.15, -0.1) is 0 Å². The Morgan fingerprint density at radius 1 is 1.20 bits per heavy atom. The number of nitrogens with zero attached hydrogens (tertiary/aromatic N) is 1. The summed E-state index contributed by atoms with van der Waals surface area (Å²) in [4.78, 5) is 0. The first-order valence-electron chi connectivity index (χ1n) is 7.36. The van der Waals surface area contributed by atoms with E-state index in [1.807, 2.05) is 12.1 Å². The first-order valence-corrected chi connectivity index (χ1v) is 7.74. The molecule has 0 unspecified atom stereocenters. The molecule has 0 aromatic heterocycles. The molecule has 1 aromatic rings. The molecule has 0 aliphatic heterocycles. The highest BCUT2D eigenvalue weighted by atomic mass is 35.5. The monoisotopic (exact) mass is 290 g/mol. The van der Waals surface area contributed by atoms with E-state index in [0.29, 0.717) is 22.0 Å². The van der Waals surface area contributed by atoms with Gasteiger partial charge < -0.3 is 5.32 Å². The van der Waals surface area contributed by atoms with Crippen molar-refractivity contribution in [3.63, 3.8) is 0 Å². The highest BCUT2D eigenvalue weighted by Crippen LogP contribution is 2.38. The Hall–Kier alpha value is -1.20. The van der Waals surface area contributed by atoms with Gasteiger partial charge in [-0.1, -0.05) is 32.4 Å². The zero-order valence-corrected chi connectivity index (χ0v) is 13.3. The van der Waals surface area contributed by atoms with Gasteiger partial charge in [0.2, 0.25) is 0 Å². The van der Waals surface area contributed by atoms with Crippen LogP contribution in [-0.4, -0.2) is 6.04 Å². The minimum atomic E-state index is 0.414. The highest BCUT2D eigenvalue weighted by Gasteiger charge is 2.29. The third kappa shape index (κ3) is 3.67. The summed E-state index contributed by atoms with van der Waals surface area (Å²) in [6, 6.07) is 8.06. The Bertz CT molecular complexity index is 503. The van der Waals surface area contributed by atoms with Crippen LogP contribution in [0.2, 0.25) is 5.02 Å². The Balaban J connectivity index is 1.95. The predicted molar refractivity (Wildman–Crippen MR) is 85.0 cm³/mol. The van der Waals surface area contributed by atoms with Gasteiger partial charge in [-0.3, -0.25) is 0 Å². The lowest BCUT2D eigenvalue weighted by Gasteiger charge is -2.37. The number of rotatable bonds is 2. The molecule has 2 rings (SSSR count). The van der Waals surface area contributed by atoms with Crippen molar-refractivity contribution in [2.75, 3.05) is 5.32 Å². The van der Waals surface area contributed by atoms with E-state index in [1.54, 1.807) is 6.07 Å². The van der Waals surface area contributed by atoms with Gasteiger partial charge in [-0.05, 0) is 55.2 Å². The standard InChI is InChI=1S/C17H23ClN2/c1-17(2,3)13-5-7-14(8-6-13)20-16-9-4-12(11-19)10-15(16)18/h4,9-10,13-14,20H,5-8H2,1-3H3. The molecule has 1 fully saturated rings. The lowest BCUT2D eigenvalue weighted by Crippen LogP contribution is -2.31. The van der Waals surface area contributed by atoms with Crippen molar-refractivity contribution in [1.29, 1.82) is 5.26 Å². The summed E-state index contributed by atoms with van der Waals surface area (Å²) in [6.45, 7) is 7.01. The smallest absolute Gasteiger partial charge is 0.0992 e. The van der Waals surface area contributed by atoms with E-state index in [4.69, 9.17) is 16.9 Å². The second-order valence-corrected chi connectivity index (χ2v) is 7.27. The van der Waals surface area contributed by atoms with Crippen LogP contribution >= 0.6 is 11.6 Å². The number of hydrogen-bond acceptors (Lipinski definition) is 2. The van der Waals surface area contributed by atoms with Crippen LogP contribution in [0.4, 0.5) is 5.69 Å². The summed E-state index contributed by atoms with van der Waals surface area (Å²) < 4.78 is 0. The first-order chi connectivity index (χ1) is 9.40. The molecule has 1 aliphatic rings. The summed E-state index contributed by atoms with van der Waals surface area (Å²) in [7, 11) is 0. The normalized spacial score (nSPS) is 23.1. The SMILES string of the molecule is CC(C)(C)C1CCC(Nc2ccc(C#N)cc2Cl)CC1. The Kier molecular flexibility index (Phi) is 4.60. The number of anilines is 1. The van der Waals surface area contributed by atoms with Gasteiger partial charge in [0.05, 0.1) is 22.3 Å². The van der Waals surface area contributed by atoms with E-state index in [0.717, 1.165) is 11.6 Å². The maximum absolute atomic E-state index is 8.85. The van der Waals surface area contributed by atoms with Crippen LogP contribution in [0.5, 0.6) is 0 Å². The largest absolute Gasteiger partial charge is 0.381 e. The Morgan fingerprint density at radius 2 is 1.85 bits per heavy atom. The summed E-state index contributed by atoms with van der Waals surface area (Å²) in [5.74, 6) is 0.817. The van der Waals surface area contributed by atoms with Crippen LogP contribution < -0.4 is 5.32 Å². The molecule has 0 spiro atoms. The molecule has 108 valence electrons. The molecule has 20 heavy (non-hydrogen) atoms. The van der Waals surface area contributed by atoms with E-state index in [-0.39, 0.29) is 0 Å².